The number of thiophene rings is 1. The van der Waals surface area contributed by atoms with Crippen LogP contribution in [0.15, 0.2) is 69.6 Å². The van der Waals surface area contributed by atoms with Crippen LogP contribution in [0.2, 0.25) is 0 Å². The summed E-state index contributed by atoms with van der Waals surface area (Å²) in [6, 6.07) is 17.9. The van der Waals surface area contributed by atoms with Gasteiger partial charge in [-0.2, -0.15) is 0 Å². The Kier molecular flexibility index (Phi) is 7.98. The van der Waals surface area contributed by atoms with Crippen molar-refractivity contribution in [2.75, 3.05) is 0 Å². The molecule has 1 N–H and O–H groups in total. The minimum Gasteiger partial charge on any atom is -0.352 e. The fourth-order valence-corrected chi connectivity index (χ4v) is 5.08. The topological polar surface area (TPSA) is 73.1 Å². The summed E-state index contributed by atoms with van der Waals surface area (Å²) in [4.78, 5) is 38.5. The number of hydrogen-bond donors (Lipinski definition) is 1. The number of carbonyl (C=O) groups excluding carboxylic acids is 1. The highest BCUT2D eigenvalue weighted by atomic mass is 32.1. The molecule has 0 aliphatic heterocycles. The van der Waals surface area contributed by atoms with Gasteiger partial charge in [0.05, 0.1) is 12.1 Å². The zero-order valence-corrected chi connectivity index (χ0v) is 21.1. The maximum atomic E-state index is 13.4. The molecular formula is C28H31N3O3S. The average molecular weight is 490 g/mol. The fraction of sp³-hybridized carbons (Fsp3) is 0.321. The number of hydrogen-bond acceptors (Lipinski definition) is 4. The van der Waals surface area contributed by atoms with E-state index >= 15 is 0 Å². The van der Waals surface area contributed by atoms with Gasteiger partial charge < -0.3 is 5.32 Å². The number of unbranched alkanes of at least 4 members (excludes halogenated alkanes) is 2. The summed E-state index contributed by atoms with van der Waals surface area (Å²) >= 11 is 1.37. The standard InChI is InChI=1S/C28H31N3O3S/c1-20-12-13-21(2)23(17-20)19-31-24-14-16-35-26(24)27(33)30(28(31)34)15-8-4-7-11-25(32)29-18-22-9-5-3-6-10-22/h3,5-6,9-10,12-14,16-17H,4,7-8,11,15,18-19H2,1-2H3,(H,29,32). The zero-order valence-electron chi connectivity index (χ0n) is 20.3. The molecule has 0 unspecified atom stereocenters. The smallest absolute Gasteiger partial charge is 0.331 e. The number of nitrogens with zero attached hydrogens (tertiary/aromatic N) is 2. The molecule has 0 fully saturated rings. The molecule has 2 aromatic heterocycles. The Bertz CT molecular complexity index is 1430. The molecule has 2 aromatic carbocycles. The second kappa shape index (κ2) is 11.3. The van der Waals surface area contributed by atoms with Crippen molar-refractivity contribution >= 4 is 27.5 Å². The normalized spacial score (nSPS) is 11.1. The van der Waals surface area contributed by atoms with E-state index in [1.165, 1.54) is 15.9 Å². The maximum Gasteiger partial charge on any atom is 0.331 e. The number of aromatic nitrogens is 2. The van der Waals surface area contributed by atoms with Gasteiger partial charge in [0.15, 0.2) is 0 Å². The molecule has 0 aliphatic carbocycles. The van der Waals surface area contributed by atoms with Gasteiger partial charge in [0, 0.05) is 19.5 Å². The predicted molar refractivity (Wildman–Crippen MR) is 142 cm³/mol. The Balaban J connectivity index is 1.39. The zero-order chi connectivity index (χ0) is 24.8. The highest BCUT2D eigenvalue weighted by Gasteiger charge is 2.15. The summed E-state index contributed by atoms with van der Waals surface area (Å²) < 4.78 is 3.68. The lowest BCUT2D eigenvalue weighted by atomic mass is 10.1. The van der Waals surface area contributed by atoms with E-state index in [4.69, 9.17) is 0 Å². The monoisotopic (exact) mass is 489 g/mol. The van der Waals surface area contributed by atoms with Crippen LogP contribution in [0, 0.1) is 13.8 Å². The summed E-state index contributed by atoms with van der Waals surface area (Å²) in [6.07, 6.45) is 2.58. The van der Waals surface area contributed by atoms with E-state index in [1.54, 1.807) is 4.57 Å². The van der Waals surface area contributed by atoms with Crippen LogP contribution in [0.1, 0.15) is 47.9 Å². The molecule has 2 heterocycles. The lowest BCUT2D eigenvalue weighted by Gasteiger charge is -2.14. The van der Waals surface area contributed by atoms with Crippen molar-refractivity contribution in [3.8, 4) is 0 Å². The van der Waals surface area contributed by atoms with Gasteiger partial charge in [0.1, 0.15) is 4.70 Å². The van der Waals surface area contributed by atoms with E-state index < -0.39 is 0 Å². The molecule has 0 spiro atoms. The van der Waals surface area contributed by atoms with Gasteiger partial charge in [-0.25, -0.2) is 4.79 Å². The van der Waals surface area contributed by atoms with Crippen LogP contribution in [0.3, 0.4) is 0 Å². The highest BCUT2D eigenvalue weighted by Crippen LogP contribution is 2.18. The van der Waals surface area contributed by atoms with Crippen LogP contribution in [0.5, 0.6) is 0 Å². The molecule has 7 heteroatoms. The summed E-state index contributed by atoms with van der Waals surface area (Å²) in [7, 11) is 0. The Morgan fingerprint density at radius 1 is 0.943 bits per heavy atom. The number of carbonyl (C=O) groups is 1. The van der Waals surface area contributed by atoms with Gasteiger partial charge in [-0.05, 0) is 54.8 Å². The number of benzene rings is 2. The van der Waals surface area contributed by atoms with Crippen molar-refractivity contribution in [3.63, 3.8) is 0 Å². The minimum atomic E-state index is -0.276. The van der Waals surface area contributed by atoms with Crippen LogP contribution < -0.4 is 16.6 Å². The highest BCUT2D eigenvalue weighted by molar-refractivity contribution is 7.17. The van der Waals surface area contributed by atoms with Crippen molar-refractivity contribution in [1.82, 2.24) is 14.5 Å². The Hall–Kier alpha value is -3.45. The van der Waals surface area contributed by atoms with E-state index in [0.717, 1.165) is 28.7 Å². The molecule has 35 heavy (non-hydrogen) atoms. The minimum absolute atomic E-state index is 0.0157. The van der Waals surface area contributed by atoms with Gasteiger partial charge >= 0.3 is 5.69 Å². The summed E-state index contributed by atoms with van der Waals surface area (Å²) in [6.45, 7) is 5.38. The SMILES string of the molecule is Cc1ccc(C)c(Cn2c(=O)n(CCCCCC(=O)NCc3ccccc3)c(=O)c3sccc32)c1. The molecule has 1 amide bonds. The van der Waals surface area contributed by atoms with Crippen molar-refractivity contribution < 1.29 is 4.79 Å². The summed E-state index contributed by atoms with van der Waals surface area (Å²) in [5.74, 6) is 0.0157. The Morgan fingerprint density at radius 3 is 2.54 bits per heavy atom. The largest absolute Gasteiger partial charge is 0.352 e. The third-order valence-corrected chi connectivity index (χ3v) is 7.18. The van der Waals surface area contributed by atoms with Crippen LogP contribution in [-0.4, -0.2) is 15.0 Å². The molecular weight excluding hydrogens is 458 g/mol. The fourth-order valence-electron chi connectivity index (χ4n) is 4.24. The van der Waals surface area contributed by atoms with E-state index in [-0.39, 0.29) is 17.2 Å². The molecule has 0 saturated carbocycles. The quantitative estimate of drug-likeness (QED) is 0.326. The maximum absolute atomic E-state index is 13.4. The molecule has 0 aliphatic rings. The van der Waals surface area contributed by atoms with E-state index in [9.17, 15) is 14.4 Å². The first-order valence-electron chi connectivity index (χ1n) is 12.0. The van der Waals surface area contributed by atoms with E-state index in [2.05, 4.69) is 23.5 Å². The van der Waals surface area contributed by atoms with Gasteiger partial charge in [0.25, 0.3) is 5.56 Å². The second-order valence-electron chi connectivity index (χ2n) is 8.96. The van der Waals surface area contributed by atoms with Gasteiger partial charge in [-0.1, -0.05) is 60.5 Å². The van der Waals surface area contributed by atoms with Crippen LogP contribution in [0.25, 0.3) is 10.2 Å². The van der Waals surface area contributed by atoms with Crippen LogP contribution in [-0.2, 0) is 24.4 Å². The third kappa shape index (κ3) is 5.98. The number of nitrogens with one attached hydrogen (secondary N) is 1. The molecule has 0 radical (unpaired) electrons. The lowest BCUT2D eigenvalue weighted by molar-refractivity contribution is -0.121. The van der Waals surface area contributed by atoms with Crippen molar-refractivity contribution in [3.05, 3.63) is 103 Å². The molecule has 182 valence electrons. The van der Waals surface area contributed by atoms with E-state index in [1.807, 2.05) is 55.6 Å². The molecule has 0 bridgehead atoms. The molecule has 6 nitrogen and oxygen atoms in total. The second-order valence-corrected chi connectivity index (χ2v) is 9.88. The summed E-state index contributed by atoms with van der Waals surface area (Å²) in [5.41, 5.74) is 4.60. The van der Waals surface area contributed by atoms with Gasteiger partial charge in [0.2, 0.25) is 5.91 Å². The molecule has 4 aromatic rings. The average Bonchev–Trinajstić information content (AvgIpc) is 3.35. The first-order chi connectivity index (χ1) is 16.9. The van der Waals surface area contributed by atoms with Crippen molar-refractivity contribution in [2.24, 2.45) is 0 Å². The van der Waals surface area contributed by atoms with Gasteiger partial charge in [-0.3, -0.25) is 18.7 Å². The molecule has 0 atom stereocenters. The van der Waals surface area contributed by atoms with Gasteiger partial charge in [-0.15, -0.1) is 11.3 Å². The van der Waals surface area contributed by atoms with Crippen LogP contribution in [0.4, 0.5) is 0 Å². The van der Waals surface area contributed by atoms with Crippen LogP contribution >= 0.6 is 11.3 Å². The number of fused-ring (bicyclic) bond motifs is 1. The van der Waals surface area contributed by atoms with E-state index in [0.29, 0.717) is 49.1 Å². The molecule has 0 saturated heterocycles. The number of rotatable bonds is 10. The number of aryl methyl sites for hydroxylation is 2. The molecule has 4 rings (SSSR count). The number of amides is 1. The Labute approximate surface area is 208 Å². The lowest BCUT2D eigenvalue weighted by Crippen LogP contribution is -2.40. The summed E-state index contributed by atoms with van der Waals surface area (Å²) in [5, 5.41) is 4.80. The first-order valence-corrected chi connectivity index (χ1v) is 12.9. The first kappa shape index (κ1) is 24.7. The van der Waals surface area contributed by atoms with Crippen molar-refractivity contribution in [1.29, 1.82) is 0 Å². The predicted octanol–water partition coefficient (Wildman–Crippen LogP) is 4.77. The Morgan fingerprint density at radius 2 is 1.74 bits per heavy atom. The van der Waals surface area contributed by atoms with Crippen molar-refractivity contribution in [2.45, 2.75) is 59.2 Å². The third-order valence-electron chi connectivity index (χ3n) is 6.29.